The van der Waals surface area contributed by atoms with Crippen LogP contribution in [0.5, 0.6) is 5.75 Å². The van der Waals surface area contributed by atoms with E-state index in [2.05, 4.69) is 4.98 Å². The van der Waals surface area contributed by atoms with Gasteiger partial charge < -0.3 is 14.4 Å². The van der Waals surface area contributed by atoms with Crippen molar-refractivity contribution in [2.24, 2.45) is 0 Å². The molecule has 0 bridgehead atoms. The summed E-state index contributed by atoms with van der Waals surface area (Å²) in [6.07, 6.45) is 1.82. The van der Waals surface area contributed by atoms with Crippen molar-refractivity contribution in [3.05, 3.63) is 33.0 Å². The monoisotopic (exact) mass is 487 g/mol. The standard InChI is InChI=1S/C17H15ClIN3O4/c1-22(7-3-5-20)14(23)9-25-15(24)10-26-17-13(19)8-12(18)11-4-2-6-21-16(11)17/h2,4,6,8H,3,7,9-10H2,1H3. The van der Waals surface area contributed by atoms with Crippen LogP contribution in [0.1, 0.15) is 6.42 Å². The van der Waals surface area contributed by atoms with Crippen molar-refractivity contribution in [2.45, 2.75) is 6.42 Å². The van der Waals surface area contributed by atoms with Crippen molar-refractivity contribution < 1.29 is 19.1 Å². The van der Waals surface area contributed by atoms with Gasteiger partial charge in [0.1, 0.15) is 5.52 Å². The van der Waals surface area contributed by atoms with Crippen molar-refractivity contribution >= 4 is 57.0 Å². The fourth-order valence-electron chi connectivity index (χ4n) is 2.05. The van der Waals surface area contributed by atoms with E-state index in [9.17, 15) is 9.59 Å². The summed E-state index contributed by atoms with van der Waals surface area (Å²) in [6.45, 7) is -0.483. The maximum atomic E-state index is 11.9. The third-order valence-corrected chi connectivity index (χ3v) is 4.54. The fraction of sp³-hybridized carbons (Fsp3) is 0.294. The van der Waals surface area contributed by atoms with E-state index in [1.54, 1.807) is 18.3 Å². The van der Waals surface area contributed by atoms with Gasteiger partial charge in [-0.1, -0.05) is 11.6 Å². The number of hydrogen-bond acceptors (Lipinski definition) is 6. The number of rotatable bonds is 7. The zero-order valence-corrected chi connectivity index (χ0v) is 16.8. The van der Waals surface area contributed by atoms with E-state index in [-0.39, 0.29) is 25.5 Å². The van der Waals surface area contributed by atoms with Crippen LogP contribution in [0.15, 0.2) is 24.4 Å². The first-order valence-electron chi connectivity index (χ1n) is 7.56. The summed E-state index contributed by atoms with van der Waals surface area (Å²) in [7, 11) is 1.54. The summed E-state index contributed by atoms with van der Waals surface area (Å²) in [5.41, 5.74) is 0.546. The summed E-state index contributed by atoms with van der Waals surface area (Å²) >= 11 is 8.24. The number of pyridine rings is 1. The minimum Gasteiger partial charge on any atom is -0.478 e. The Hall–Kier alpha value is -2.12. The van der Waals surface area contributed by atoms with Crippen LogP contribution < -0.4 is 4.74 Å². The summed E-state index contributed by atoms with van der Waals surface area (Å²) in [4.78, 5) is 29.2. The first kappa shape index (κ1) is 20.2. The van der Waals surface area contributed by atoms with Crippen molar-refractivity contribution in [1.29, 1.82) is 5.26 Å². The molecular weight excluding hydrogens is 473 g/mol. The van der Waals surface area contributed by atoms with Crippen molar-refractivity contribution in [2.75, 3.05) is 26.8 Å². The molecule has 1 heterocycles. The summed E-state index contributed by atoms with van der Waals surface area (Å²) in [6, 6.07) is 7.23. The fourth-order valence-corrected chi connectivity index (χ4v) is 3.22. The normalized spacial score (nSPS) is 10.2. The van der Waals surface area contributed by atoms with E-state index in [4.69, 9.17) is 26.3 Å². The van der Waals surface area contributed by atoms with Gasteiger partial charge in [0.15, 0.2) is 19.0 Å². The van der Waals surface area contributed by atoms with Crippen LogP contribution in [0.25, 0.3) is 10.9 Å². The Bertz CT molecular complexity index is 869. The summed E-state index contributed by atoms with van der Waals surface area (Å²) < 4.78 is 11.2. The lowest BCUT2D eigenvalue weighted by atomic mass is 10.2. The minimum atomic E-state index is -0.679. The molecule has 1 aromatic carbocycles. The molecule has 0 aliphatic carbocycles. The van der Waals surface area contributed by atoms with Gasteiger partial charge in [0, 0.05) is 25.2 Å². The Labute approximate surface area is 169 Å². The maximum Gasteiger partial charge on any atom is 0.344 e. The predicted octanol–water partition coefficient (Wildman–Crippen LogP) is 2.79. The van der Waals surface area contributed by atoms with Gasteiger partial charge in [-0.25, -0.2) is 4.79 Å². The Balaban J connectivity index is 1.95. The molecule has 0 saturated carbocycles. The highest BCUT2D eigenvalue weighted by Crippen LogP contribution is 2.34. The van der Waals surface area contributed by atoms with Gasteiger partial charge >= 0.3 is 5.97 Å². The number of esters is 1. The van der Waals surface area contributed by atoms with Crippen LogP contribution in [-0.4, -0.2) is 48.6 Å². The number of carbonyl (C=O) groups excluding carboxylic acids is 2. The van der Waals surface area contributed by atoms with Gasteiger partial charge in [0.05, 0.1) is 21.1 Å². The molecule has 0 unspecified atom stereocenters. The highest BCUT2D eigenvalue weighted by molar-refractivity contribution is 14.1. The van der Waals surface area contributed by atoms with Gasteiger partial charge in [-0.15, -0.1) is 0 Å². The van der Waals surface area contributed by atoms with Crippen molar-refractivity contribution in [1.82, 2.24) is 9.88 Å². The van der Waals surface area contributed by atoms with Crippen LogP contribution >= 0.6 is 34.2 Å². The van der Waals surface area contributed by atoms with Crippen LogP contribution in [0.4, 0.5) is 0 Å². The molecule has 7 nitrogen and oxygen atoms in total. The first-order chi connectivity index (χ1) is 12.4. The van der Waals surface area contributed by atoms with Crippen LogP contribution in [0.2, 0.25) is 5.02 Å². The number of carbonyl (C=O) groups is 2. The molecule has 0 radical (unpaired) electrons. The largest absolute Gasteiger partial charge is 0.478 e. The lowest BCUT2D eigenvalue weighted by Gasteiger charge is -2.15. The quantitative estimate of drug-likeness (QED) is 0.440. The molecule has 2 rings (SSSR count). The minimum absolute atomic E-state index is 0.217. The number of amides is 1. The second-order valence-electron chi connectivity index (χ2n) is 5.24. The number of nitriles is 1. The zero-order valence-electron chi connectivity index (χ0n) is 13.9. The highest BCUT2D eigenvalue weighted by atomic mass is 127. The van der Waals surface area contributed by atoms with E-state index in [1.165, 1.54) is 11.9 Å². The molecule has 1 aromatic heterocycles. The number of ether oxygens (including phenoxy) is 2. The molecule has 1 amide bonds. The molecular formula is C17H15ClIN3O4. The molecule has 0 spiro atoms. The second kappa shape index (κ2) is 9.54. The first-order valence-corrected chi connectivity index (χ1v) is 9.01. The van der Waals surface area contributed by atoms with Gasteiger partial charge in [-0.2, -0.15) is 5.26 Å². The van der Waals surface area contributed by atoms with Crippen molar-refractivity contribution in [3.8, 4) is 11.8 Å². The molecule has 0 N–H and O–H groups in total. The molecule has 26 heavy (non-hydrogen) atoms. The second-order valence-corrected chi connectivity index (χ2v) is 6.81. The third-order valence-electron chi connectivity index (χ3n) is 3.43. The van der Waals surface area contributed by atoms with Gasteiger partial charge in [-0.3, -0.25) is 9.78 Å². The van der Waals surface area contributed by atoms with Crippen LogP contribution in [-0.2, 0) is 14.3 Å². The van der Waals surface area contributed by atoms with Gasteiger partial charge in [-0.05, 0) is 40.8 Å². The van der Waals surface area contributed by atoms with E-state index >= 15 is 0 Å². The van der Waals surface area contributed by atoms with E-state index < -0.39 is 12.6 Å². The molecule has 2 aromatic rings. The lowest BCUT2D eigenvalue weighted by Crippen LogP contribution is -2.32. The molecule has 0 saturated heterocycles. The topological polar surface area (TPSA) is 92.5 Å². The molecule has 0 fully saturated rings. The Morgan fingerprint density at radius 2 is 2.19 bits per heavy atom. The zero-order chi connectivity index (χ0) is 19.1. The lowest BCUT2D eigenvalue weighted by molar-refractivity contribution is -0.153. The highest BCUT2D eigenvalue weighted by Gasteiger charge is 2.16. The maximum absolute atomic E-state index is 11.9. The number of aromatic nitrogens is 1. The van der Waals surface area contributed by atoms with Gasteiger partial charge in [0.2, 0.25) is 0 Å². The number of nitrogens with zero attached hydrogens (tertiary/aromatic N) is 3. The Morgan fingerprint density at radius 1 is 1.42 bits per heavy atom. The SMILES string of the molecule is CN(CCC#N)C(=O)COC(=O)COc1c(I)cc(Cl)c2cccnc12. The van der Waals surface area contributed by atoms with Crippen LogP contribution in [0.3, 0.4) is 0 Å². The summed E-state index contributed by atoms with van der Waals surface area (Å²) in [5, 5.41) is 9.76. The number of hydrogen-bond donors (Lipinski definition) is 0. The van der Waals surface area contributed by atoms with Gasteiger partial charge in [0.25, 0.3) is 5.91 Å². The predicted molar refractivity (Wildman–Crippen MR) is 104 cm³/mol. The average Bonchev–Trinajstić information content (AvgIpc) is 2.63. The van der Waals surface area contributed by atoms with Crippen LogP contribution in [0, 0.1) is 14.9 Å². The Kier molecular flexibility index (Phi) is 7.41. The number of likely N-dealkylation sites (N-methyl/N-ethyl adjacent to an activating group) is 1. The van der Waals surface area contributed by atoms with Crippen molar-refractivity contribution in [3.63, 3.8) is 0 Å². The molecule has 0 atom stereocenters. The average molecular weight is 488 g/mol. The number of benzene rings is 1. The molecule has 136 valence electrons. The van der Waals surface area contributed by atoms with E-state index in [0.29, 0.717) is 25.2 Å². The molecule has 0 aliphatic rings. The number of halogens is 2. The summed E-state index contributed by atoms with van der Waals surface area (Å²) in [5.74, 6) is -0.635. The smallest absolute Gasteiger partial charge is 0.344 e. The Morgan fingerprint density at radius 3 is 2.92 bits per heavy atom. The third kappa shape index (κ3) is 5.19. The molecule has 9 heteroatoms. The number of fused-ring (bicyclic) bond motifs is 1. The van der Waals surface area contributed by atoms with E-state index in [0.717, 1.165) is 0 Å². The molecule has 0 aliphatic heterocycles. The van der Waals surface area contributed by atoms with E-state index in [1.807, 2.05) is 34.7 Å².